The predicted molar refractivity (Wildman–Crippen MR) is 117 cm³/mol. The summed E-state index contributed by atoms with van der Waals surface area (Å²) in [5, 5.41) is 3.08. The van der Waals surface area contributed by atoms with Crippen molar-refractivity contribution in [1.82, 2.24) is 4.90 Å². The van der Waals surface area contributed by atoms with Gasteiger partial charge in [0.05, 0.1) is 17.8 Å². The summed E-state index contributed by atoms with van der Waals surface area (Å²) < 4.78 is 10.3. The van der Waals surface area contributed by atoms with Gasteiger partial charge in [-0.1, -0.05) is 29.8 Å². The van der Waals surface area contributed by atoms with Crippen molar-refractivity contribution in [2.24, 2.45) is 5.92 Å². The minimum atomic E-state index is -0.732. The van der Waals surface area contributed by atoms with Crippen molar-refractivity contribution in [3.63, 3.8) is 0 Å². The lowest BCUT2D eigenvalue weighted by Crippen LogP contribution is -2.43. The standard InChI is InChI=1S/C22H24ClN3O5/c1-30-19-12-18(24)17(23)11-16(19)22(29)31-13-20(27)26-9-7-14(8-10-26)21(28)25-15-5-3-2-4-6-15/h2-6,11-12,14H,7-10,13,24H2,1H3,(H,25,28). The molecule has 1 saturated heterocycles. The van der Waals surface area contributed by atoms with Crippen LogP contribution in [0.2, 0.25) is 5.02 Å². The van der Waals surface area contributed by atoms with Gasteiger partial charge in [0.15, 0.2) is 6.61 Å². The first-order valence-electron chi connectivity index (χ1n) is 9.83. The highest BCUT2D eigenvalue weighted by Gasteiger charge is 2.28. The SMILES string of the molecule is COc1cc(N)c(Cl)cc1C(=O)OCC(=O)N1CCC(C(=O)Nc2ccccc2)CC1. The highest BCUT2D eigenvalue weighted by molar-refractivity contribution is 6.33. The van der Waals surface area contributed by atoms with Crippen molar-refractivity contribution in [2.75, 3.05) is 37.9 Å². The number of hydrogen-bond donors (Lipinski definition) is 2. The molecule has 1 heterocycles. The zero-order valence-electron chi connectivity index (χ0n) is 17.1. The zero-order chi connectivity index (χ0) is 22.4. The van der Waals surface area contributed by atoms with Crippen LogP contribution in [0.5, 0.6) is 5.75 Å². The summed E-state index contributed by atoms with van der Waals surface area (Å²) in [6, 6.07) is 12.0. The van der Waals surface area contributed by atoms with Gasteiger partial charge in [0.1, 0.15) is 11.3 Å². The Kier molecular flexibility index (Phi) is 7.36. The number of hydrogen-bond acceptors (Lipinski definition) is 6. The maximum Gasteiger partial charge on any atom is 0.342 e. The van der Waals surface area contributed by atoms with E-state index < -0.39 is 12.6 Å². The van der Waals surface area contributed by atoms with Gasteiger partial charge in [-0.15, -0.1) is 0 Å². The molecular weight excluding hydrogens is 422 g/mol. The second kappa shape index (κ2) is 10.2. The van der Waals surface area contributed by atoms with E-state index >= 15 is 0 Å². The van der Waals surface area contributed by atoms with E-state index in [0.717, 1.165) is 5.69 Å². The molecular formula is C22H24ClN3O5. The molecule has 164 valence electrons. The van der Waals surface area contributed by atoms with Crippen LogP contribution >= 0.6 is 11.6 Å². The van der Waals surface area contributed by atoms with E-state index in [-0.39, 0.29) is 39.8 Å². The zero-order valence-corrected chi connectivity index (χ0v) is 17.9. The molecule has 0 atom stereocenters. The molecule has 1 aliphatic rings. The summed E-state index contributed by atoms with van der Waals surface area (Å²) in [5.74, 6) is -1.07. The number of halogens is 1. The fourth-order valence-electron chi connectivity index (χ4n) is 3.35. The number of amides is 2. The summed E-state index contributed by atoms with van der Waals surface area (Å²) in [6.45, 7) is 0.422. The van der Waals surface area contributed by atoms with Crippen molar-refractivity contribution in [3.05, 3.63) is 53.1 Å². The number of para-hydroxylation sites is 1. The van der Waals surface area contributed by atoms with Crippen molar-refractivity contribution < 1.29 is 23.9 Å². The lowest BCUT2D eigenvalue weighted by molar-refractivity contribution is -0.137. The fourth-order valence-corrected chi connectivity index (χ4v) is 3.51. The molecule has 0 bridgehead atoms. The number of nitrogens with one attached hydrogen (secondary N) is 1. The van der Waals surface area contributed by atoms with Gasteiger partial charge in [-0.25, -0.2) is 4.79 Å². The molecule has 8 nitrogen and oxygen atoms in total. The Balaban J connectivity index is 1.48. The fraction of sp³-hybridized carbons (Fsp3) is 0.318. The Morgan fingerprint density at radius 1 is 1.16 bits per heavy atom. The number of nitrogens with zero attached hydrogens (tertiary/aromatic N) is 1. The molecule has 2 aromatic rings. The highest BCUT2D eigenvalue weighted by atomic mass is 35.5. The molecule has 1 fully saturated rings. The van der Waals surface area contributed by atoms with Gasteiger partial charge in [0.25, 0.3) is 5.91 Å². The van der Waals surface area contributed by atoms with Crippen LogP contribution in [0.15, 0.2) is 42.5 Å². The Bertz CT molecular complexity index is 959. The summed E-state index contributed by atoms with van der Waals surface area (Å²) in [4.78, 5) is 38.8. The maximum absolute atomic E-state index is 12.4. The number of carbonyl (C=O) groups is 3. The van der Waals surface area contributed by atoms with Crippen LogP contribution in [0.4, 0.5) is 11.4 Å². The minimum absolute atomic E-state index is 0.0583. The van der Waals surface area contributed by atoms with Crippen molar-refractivity contribution in [3.8, 4) is 5.75 Å². The van der Waals surface area contributed by atoms with E-state index in [1.54, 1.807) is 4.90 Å². The van der Waals surface area contributed by atoms with E-state index in [2.05, 4.69) is 5.32 Å². The number of carbonyl (C=O) groups excluding carboxylic acids is 3. The number of ether oxygens (including phenoxy) is 2. The van der Waals surface area contributed by atoms with E-state index in [9.17, 15) is 14.4 Å². The molecule has 0 spiro atoms. The van der Waals surface area contributed by atoms with Gasteiger partial charge >= 0.3 is 5.97 Å². The number of anilines is 2. The highest BCUT2D eigenvalue weighted by Crippen LogP contribution is 2.29. The molecule has 0 aromatic heterocycles. The Morgan fingerprint density at radius 2 is 1.84 bits per heavy atom. The van der Waals surface area contributed by atoms with Crippen molar-refractivity contribution in [1.29, 1.82) is 0 Å². The summed E-state index contributed by atoms with van der Waals surface area (Å²) >= 11 is 5.97. The number of nitrogens with two attached hydrogens (primary N) is 1. The van der Waals surface area contributed by atoms with Gasteiger partial charge in [0, 0.05) is 30.8 Å². The molecule has 2 aromatic carbocycles. The number of benzene rings is 2. The first kappa shape index (κ1) is 22.4. The molecule has 2 amide bonds. The quantitative estimate of drug-likeness (QED) is 0.522. The van der Waals surface area contributed by atoms with Crippen molar-refractivity contribution in [2.45, 2.75) is 12.8 Å². The molecule has 3 rings (SSSR count). The third-order valence-electron chi connectivity index (χ3n) is 5.13. The number of piperidine rings is 1. The monoisotopic (exact) mass is 445 g/mol. The van der Waals surface area contributed by atoms with E-state index in [4.69, 9.17) is 26.8 Å². The molecule has 0 aliphatic carbocycles. The van der Waals surface area contributed by atoms with Gasteiger partial charge in [-0.2, -0.15) is 0 Å². The topological polar surface area (TPSA) is 111 Å². The Hall–Kier alpha value is -3.26. The minimum Gasteiger partial charge on any atom is -0.496 e. The van der Waals surface area contributed by atoms with E-state index in [0.29, 0.717) is 25.9 Å². The smallest absolute Gasteiger partial charge is 0.342 e. The number of likely N-dealkylation sites (tertiary alicyclic amines) is 1. The largest absolute Gasteiger partial charge is 0.496 e. The van der Waals surface area contributed by atoms with Crippen LogP contribution in [-0.2, 0) is 14.3 Å². The normalized spacial score (nSPS) is 14.1. The molecule has 31 heavy (non-hydrogen) atoms. The lowest BCUT2D eigenvalue weighted by atomic mass is 9.95. The van der Waals surface area contributed by atoms with Gasteiger partial charge in [0.2, 0.25) is 5.91 Å². The average Bonchev–Trinajstić information content (AvgIpc) is 2.79. The van der Waals surface area contributed by atoms with Crippen LogP contribution in [-0.4, -0.2) is 49.5 Å². The molecule has 9 heteroatoms. The summed E-state index contributed by atoms with van der Waals surface area (Å²) in [6.07, 6.45) is 1.08. The van der Waals surface area contributed by atoms with Crippen LogP contribution in [0.25, 0.3) is 0 Å². The lowest BCUT2D eigenvalue weighted by Gasteiger charge is -2.31. The van der Waals surface area contributed by atoms with E-state index in [1.807, 2.05) is 30.3 Å². The van der Waals surface area contributed by atoms with E-state index in [1.165, 1.54) is 19.2 Å². The second-order valence-corrected chi connectivity index (χ2v) is 7.57. The van der Waals surface area contributed by atoms with Crippen LogP contribution in [0.3, 0.4) is 0 Å². The number of nitrogen functional groups attached to an aromatic ring is 1. The van der Waals surface area contributed by atoms with Gasteiger partial charge in [-0.3, -0.25) is 9.59 Å². The third kappa shape index (κ3) is 5.67. The first-order valence-corrected chi connectivity index (χ1v) is 10.2. The van der Waals surface area contributed by atoms with Gasteiger partial charge < -0.3 is 25.4 Å². The van der Waals surface area contributed by atoms with Crippen molar-refractivity contribution >= 4 is 40.8 Å². The molecule has 0 saturated carbocycles. The molecule has 3 N–H and O–H groups in total. The summed E-state index contributed by atoms with van der Waals surface area (Å²) in [5.41, 5.74) is 6.81. The molecule has 0 radical (unpaired) electrons. The number of esters is 1. The van der Waals surface area contributed by atoms with Crippen LogP contribution < -0.4 is 15.8 Å². The van der Waals surface area contributed by atoms with Gasteiger partial charge in [-0.05, 0) is 31.0 Å². The molecule has 0 unspecified atom stereocenters. The Morgan fingerprint density at radius 3 is 2.48 bits per heavy atom. The average molecular weight is 446 g/mol. The number of methoxy groups -OCH3 is 1. The maximum atomic E-state index is 12.4. The van der Waals surface area contributed by atoms with Crippen LogP contribution in [0, 0.1) is 5.92 Å². The summed E-state index contributed by atoms with van der Waals surface area (Å²) in [7, 11) is 1.39. The second-order valence-electron chi connectivity index (χ2n) is 7.16. The Labute approximate surface area is 185 Å². The number of rotatable bonds is 6. The van der Waals surface area contributed by atoms with Crippen LogP contribution in [0.1, 0.15) is 23.2 Å². The molecule has 1 aliphatic heterocycles. The predicted octanol–water partition coefficient (Wildman–Crippen LogP) is 2.96. The first-order chi connectivity index (χ1) is 14.9. The third-order valence-corrected chi connectivity index (χ3v) is 5.45.